The van der Waals surface area contributed by atoms with Crippen LogP contribution in [0.4, 0.5) is 0 Å². The van der Waals surface area contributed by atoms with Gasteiger partial charge in [-0.15, -0.1) is 0 Å². The van der Waals surface area contributed by atoms with E-state index < -0.39 is 0 Å². The number of β-amino-alcohol motifs (C(OH)–C–C–N with tert-alkyl or cyclic N) is 1. The minimum atomic E-state index is -0.215. The highest BCUT2D eigenvalue weighted by Crippen LogP contribution is 2.35. The predicted molar refractivity (Wildman–Crippen MR) is 75.7 cm³/mol. The van der Waals surface area contributed by atoms with Crippen molar-refractivity contribution in [3.8, 4) is 0 Å². The summed E-state index contributed by atoms with van der Waals surface area (Å²) in [6.45, 7) is 7.04. The Balaban J connectivity index is 1.79. The van der Waals surface area contributed by atoms with Gasteiger partial charge in [-0.2, -0.15) is 0 Å². The Kier molecular flexibility index (Phi) is 5.46. The molecule has 3 atom stereocenters. The lowest BCUT2D eigenvalue weighted by Gasteiger charge is -2.44. The van der Waals surface area contributed by atoms with E-state index in [1.54, 1.807) is 0 Å². The summed E-state index contributed by atoms with van der Waals surface area (Å²) < 4.78 is 0. The van der Waals surface area contributed by atoms with Crippen molar-refractivity contribution in [2.24, 2.45) is 5.92 Å². The predicted octanol–water partition coefficient (Wildman–Crippen LogP) is 2.00. The fourth-order valence-electron chi connectivity index (χ4n) is 3.66. The van der Waals surface area contributed by atoms with E-state index in [1.165, 1.54) is 45.1 Å². The molecule has 3 unspecified atom stereocenters. The van der Waals surface area contributed by atoms with Crippen LogP contribution in [0.3, 0.4) is 0 Å². The van der Waals surface area contributed by atoms with Gasteiger partial charge in [0.2, 0.25) is 0 Å². The van der Waals surface area contributed by atoms with Crippen LogP contribution in [0.25, 0.3) is 0 Å². The van der Waals surface area contributed by atoms with Crippen molar-refractivity contribution in [1.29, 1.82) is 0 Å². The molecule has 2 aliphatic rings. The first-order valence-corrected chi connectivity index (χ1v) is 7.82. The maximum Gasteiger partial charge on any atom is 0.0791 e. The molecule has 1 aliphatic carbocycles. The Morgan fingerprint density at radius 1 is 1.17 bits per heavy atom. The van der Waals surface area contributed by atoms with Crippen molar-refractivity contribution in [3.05, 3.63) is 0 Å². The number of aliphatic hydroxyl groups excluding tert-OH is 1. The van der Waals surface area contributed by atoms with Gasteiger partial charge >= 0.3 is 0 Å². The second kappa shape index (κ2) is 6.88. The highest BCUT2D eigenvalue weighted by Gasteiger charge is 2.33. The summed E-state index contributed by atoms with van der Waals surface area (Å²) in [7, 11) is 0. The molecule has 0 amide bonds. The maximum absolute atomic E-state index is 10.1. The van der Waals surface area contributed by atoms with Gasteiger partial charge in [0.05, 0.1) is 6.10 Å². The number of rotatable bonds is 5. The van der Waals surface area contributed by atoms with Gasteiger partial charge in [0, 0.05) is 25.2 Å². The zero-order valence-corrected chi connectivity index (χ0v) is 12.1. The molecule has 18 heavy (non-hydrogen) atoms. The molecule has 0 spiro atoms. The molecule has 2 rings (SSSR count). The number of nitrogens with zero attached hydrogens (tertiary/aromatic N) is 1. The van der Waals surface area contributed by atoms with Crippen molar-refractivity contribution in [1.82, 2.24) is 10.2 Å². The summed E-state index contributed by atoms with van der Waals surface area (Å²) in [6.07, 6.45) is 8.11. The summed E-state index contributed by atoms with van der Waals surface area (Å²) in [5, 5.41) is 13.5. The van der Waals surface area contributed by atoms with E-state index in [1.807, 2.05) is 0 Å². The summed E-state index contributed by atoms with van der Waals surface area (Å²) in [4.78, 5) is 2.57. The first-order valence-electron chi connectivity index (χ1n) is 7.82. The molecule has 106 valence electrons. The number of nitrogens with one attached hydrogen (secondary N) is 1. The van der Waals surface area contributed by atoms with Gasteiger partial charge in [0.1, 0.15) is 0 Å². The highest BCUT2D eigenvalue weighted by molar-refractivity contribution is 4.88. The number of likely N-dealkylation sites (tertiary alicyclic amines) is 1. The lowest BCUT2D eigenvalue weighted by molar-refractivity contribution is 0.0208. The number of fused-ring (bicyclic) bond motifs is 1. The lowest BCUT2D eigenvalue weighted by Crippen LogP contribution is -2.51. The van der Waals surface area contributed by atoms with Crippen LogP contribution in [0, 0.1) is 5.92 Å². The second-order valence-corrected chi connectivity index (χ2v) is 6.47. The first-order chi connectivity index (χ1) is 8.66. The summed E-state index contributed by atoms with van der Waals surface area (Å²) in [5.41, 5.74) is 0. The number of aliphatic hydroxyl groups is 1. The lowest BCUT2D eigenvalue weighted by atomic mass is 9.78. The van der Waals surface area contributed by atoms with Crippen LogP contribution in [-0.4, -0.2) is 47.8 Å². The molecular formula is C15H30N2O. The van der Waals surface area contributed by atoms with Crippen LogP contribution in [0.2, 0.25) is 0 Å². The smallest absolute Gasteiger partial charge is 0.0791 e. The molecule has 0 aromatic rings. The van der Waals surface area contributed by atoms with Crippen molar-refractivity contribution < 1.29 is 5.11 Å². The second-order valence-electron chi connectivity index (χ2n) is 6.47. The van der Waals surface area contributed by atoms with E-state index >= 15 is 0 Å². The van der Waals surface area contributed by atoms with Crippen molar-refractivity contribution in [3.63, 3.8) is 0 Å². The van der Waals surface area contributed by atoms with Gasteiger partial charge in [0.25, 0.3) is 0 Å². The van der Waals surface area contributed by atoms with Crippen LogP contribution in [-0.2, 0) is 0 Å². The van der Waals surface area contributed by atoms with Crippen LogP contribution >= 0.6 is 0 Å². The maximum atomic E-state index is 10.1. The van der Waals surface area contributed by atoms with E-state index in [-0.39, 0.29) is 6.10 Å². The summed E-state index contributed by atoms with van der Waals surface area (Å²) in [5.74, 6) is 0.915. The Morgan fingerprint density at radius 2 is 1.89 bits per heavy atom. The SMILES string of the molecule is CC(C)NCC(O)CN1CCCC2CCCCC21. The number of hydrogen-bond donors (Lipinski definition) is 2. The van der Waals surface area contributed by atoms with Crippen LogP contribution in [0.1, 0.15) is 52.4 Å². The zero-order chi connectivity index (χ0) is 13.0. The van der Waals surface area contributed by atoms with Gasteiger partial charge in [-0.25, -0.2) is 0 Å². The van der Waals surface area contributed by atoms with Crippen molar-refractivity contribution in [2.45, 2.75) is 70.6 Å². The molecule has 2 fully saturated rings. The average molecular weight is 254 g/mol. The summed E-state index contributed by atoms with van der Waals surface area (Å²) >= 11 is 0. The van der Waals surface area contributed by atoms with E-state index in [4.69, 9.17) is 0 Å². The van der Waals surface area contributed by atoms with E-state index in [0.717, 1.165) is 25.0 Å². The van der Waals surface area contributed by atoms with Gasteiger partial charge in [-0.05, 0) is 38.1 Å². The van der Waals surface area contributed by atoms with Crippen LogP contribution in [0.15, 0.2) is 0 Å². The molecule has 2 N–H and O–H groups in total. The molecule has 0 aromatic carbocycles. The average Bonchev–Trinajstić information content (AvgIpc) is 2.37. The third-order valence-corrected chi connectivity index (χ3v) is 4.57. The Labute approximate surface area is 112 Å². The highest BCUT2D eigenvalue weighted by atomic mass is 16.3. The van der Waals surface area contributed by atoms with E-state index in [0.29, 0.717) is 6.04 Å². The normalized spacial score (nSPS) is 31.3. The topological polar surface area (TPSA) is 35.5 Å². The summed E-state index contributed by atoms with van der Waals surface area (Å²) in [6, 6.07) is 1.23. The van der Waals surface area contributed by atoms with Gasteiger partial charge in [-0.3, -0.25) is 4.90 Å². The van der Waals surface area contributed by atoms with Crippen molar-refractivity contribution >= 4 is 0 Å². The Bertz CT molecular complexity index is 243. The molecule has 0 aromatic heterocycles. The van der Waals surface area contributed by atoms with Crippen molar-refractivity contribution in [2.75, 3.05) is 19.6 Å². The van der Waals surface area contributed by atoms with E-state index in [9.17, 15) is 5.11 Å². The fraction of sp³-hybridized carbons (Fsp3) is 1.00. The molecule has 0 bridgehead atoms. The Morgan fingerprint density at radius 3 is 2.67 bits per heavy atom. The van der Waals surface area contributed by atoms with Gasteiger partial charge in [0.15, 0.2) is 0 Å². The minimum Gasteiger partial charge on any atom is -0.390 e. The number of piperidine rings is 1. The Hall–Kier alpha value is -0.120. The van der Waals surface area contributed by atoms with E-state index in [2.05, 4.69) is 24.1 Å². The van der Waals surface area contributed by atoms with Crippen LogP contribution < -0.4 is 5.32 Å². The molecule has 1 aliphatic heterocycles. The third-order valence-electron chi connectivity index (χ3n) is 4.57. The molecule has 0 radical (unpaired) electrons. The van der Waals surface area contributed by atoms with Gasteiger partial charge < -0.3 is 10.4 Å². The molecule has 1 saturated carbocycles. The quantitative estimate of drug-likeness (QED) is 0.788. The minimum absolute atomic E-state index is 0.215. The monoisotopic (exact) mass is 254 g/mol. The van der Waals surface area contributed by atoms with Gasteiger partial charge in [-0.1, -0.05) is 26.7 Å². The standard InChI is InChI=1S/C15H30N2O/c1-12(2)16-10-14(18)11-17-9-5-7-13-6-3-4-8-15(13)17/h12-16,18H,3-11H2,1-2H3. The number of hydrogen-bond acceptors (Lipinski definition) is 3. The largest absolute Gasteiger partial charge is 0.390 e. The fourth-order valence-corrected chi connectivity index (χ4v) is 3.66. The molecule has 3 nitrogen and oxygen atoms in total. The molecule has 3 heteroatoms. The molecule has 1 heterocycles. The molecular weight excluding hydrogens is 224 g/mol. The first kappa shape index (κ1) is 14.3. The van der Waals surface area contributed by atoms with Crippen LogP contribution in [0.5, 0.6) is 0 Å². The third kappa shape index (κ3) is 3.94. The molecule has 1 saturated heterocycles. The zero-order valence-electron chi connectivity index (χ0n) is 12.1.